The number of benzene rings is 1. The third kappa shape index (κ3) is 3.04. The van der Waals surface area contributed by atoms with Gasteiger partial charge in [0.25, 0.3) is 0 Å². The van der Waals surface area contributed by atoms with Crippen LogP contribution in [0.1, 0.15) is 31.2 Å². The summed E-state index contributed by atoms with van der Waals surface area (Å²) in [6.07, 6.45) is 4.02. The van der Waals surface area contributed by atoms with Gasteiger partial charge < -0.3 is 5.73 Å². The van der Waals surface area contributed by atoms with Crippen LogP contribution in [0.15, 0.2) is 17.0 Å². The van der Waals surface area contributed by atoms with Gasteiger partial charge in [0.1, 0.15) is 0 Å². The fourth-order valence-corrected chi connectivity index (χ4v) is 4.34. The minimum atomic E-state index is -3.46. The van der Waals surface area contributed by atoms with E-state index < -0.39 is 10.0 Å². The monoisotopic (exact) mass is 302 g/mol. The maximum atomic E-state index is 12.7. The Morgan fingerprint density at radius 2 is 1.74 bits per heavy atom. The average Bonchev–Trinajstić information content (AvgIpc) is 2.62. The van der Waals surface area contributed by atoms with Crippen LogP contribution < -0.4 is 5.73 Å². The number of nitrogens with zero attached hydrogens (tertiary/aromatic N) is 1. The van der Waals surface area contributed by atoms with Gasteiger partial charge in [-0.25, -0.2) is 8.42 Å². The van der Waals surface area contributed by atoms with Crippen LogP contribution in [0.5, 0.6) is 0 Å². The second kappa shape index (κ2) is 5.69. The zero-order chi connectivity index (χ0) is 14.0. The van der Waals surface area contributed by atoms with E-state index in [2.05, 4.69) is 0 Å². The molecule has 0 aliphatic carbocycles. The summed E-state index contributed by atoms with van der Waals surface area (Å²) in [5, 5.41) is 0.396. The lowest BCUT2D eigenvalue weighted by molar-refractivity contribution is 0.423. The molecule has 6 heteroatoms. The molecule has 1 fully saturated rings. The van der Waals surface area contributed by atoms with Crippen LogP contribution in [0, 0.1) is 6.92 Å². The maximum absolute atomic E-state index is 12.7. The highest BCUT2D eigenvalue weighted by Crippen LogP contribution is 2.29. The number of rotatable bonds is 2. The van der Waals surface area contributed by atoms with Crippen molar-refractivity contribution in [1.29, 1.82) is 0 Å². The van der Waals surface area contributed by atoms with Crippen LogP contribution in [0.25, 0.3) is 0 Å². The van der Waals surface area contributed by atoms with Gasteiger partial charge in [0.2, 0.25) is 10.0 Å². The molecule has 1 saturated heterocycles. The predicted molar refractivity (Wildman–Crippen MR) is 77.8 cm³/mol. The number of sulfonamides is 1. The first-order valence-electron chi connectivity index (χ1n) is 6.48. The summed E-state index contributed by atoms with van der Waals surface area (Å²) in [6, 6.07) is 3.08. The molecule has 0 radical (unpaired) electrons. The average molecular weight is 303 g/mol. The minimum absolute atomic E-state index is 0.274. The molecule has 0 bridgehead atoms. The lowest BCUT2D eigenvalue weighted by Gasteiger charge is -2.21. The van der Waals surface area contributed by atoms with Gasteiger partial charge in [-0.15, -0.1) is 0 Å². The Morgan fingerprint density at radius 3 is 2.32 bits per heavy atom. The first-order chi connectivity index (χ1) is 8.93. The van der Waals surface area contributed by atoms with Gasteiger partial charge in [-0.2, -0.15) is 4.31 Å². The first kappa shape index (κ1) is 14.6. The molecule has 0 saturated carbocycles. The Balaban J connectivity index is 2.41. The summed E-state index contributed by atoms with van der Waals surface area (Å²) < 4.78 is 26.9. The van der Waals surface area contributed by atoms with Crippen LogP contribution >= 0.6 is 11.6 Å². The van der Waals surface area contributed by atoms with E-state index in [1.54, 1.807) is 17.3 Å². The molecule has 1 aliphatic rings. The molecular weight excluding hydrogens is 284 g/mol. The van der Waals surface area contributed by atoms with E-state index in [-0.39, 0.29) is 4.90 Å². The SMILES string of the molecule is Cc1cc(Cl)c(N)cc1S(=O)(=O)N1CCCCCC1. The molecular formula is C13H19ClN2O2S. The van der Waals surface area contributed by atoms with Gasteiger partial charge in [0, 0.05) is 13.1 Å². The highest BCUT2D eigenvalue weighted by molar-refractivity contribution is 7.89. The Morgan fingerprint density at radius 1 is 1.16 bits per heavy atom. The molecule has 0 spiro atoms. The summed E-state index contributed by atoms with van der Waals surface area (Å²) in [4.78, 5) is 0.274. The van der Waals surface area contributed by atoms with Gasteiger partial charge in [-0.1, -0.05) is 24.4 Å². The van der Waals surface area contributed by atoms with Crippen LogP contribution in [0.2, 0.25) is 5.02 Å². The number of nitrogens with two attached hydrogens (primary N) is 1. The standard InChI is InChI=1S/C13H19ClN2O2S/c1-10-8-11(14)12(15)9-13(10)19(17,18)16-6-4-2-3-5-7-16/h8-9H,2-7,15H2,1H3. The second-order valence-corrected chi connectivity index (χ2v) is 7.27. The smallest absolute Gasteiger partial charge is 0.243 e. The molecule has 2 rings (SSSR count). The van der Waals surface area contributed by atoms with Crippen LogP contribution in [0.4, 0.5) is 5.69 Å². The normalized spacial score (nSPS) is 18.2. The van der Waals surface area contributed by atoms with Crippen molar-refractivity contribution in [3.05, 3.63) is 22.7 Å². The number of nitrogen functional groups attached to an aromatic ring is 1. The topological polar surface area (TPSA) is 63.4 Å². The number of hydrogen-bond acceptors (Lipinski definition) is 3. The molecule has 0 amide bonds. The maximum Gasteiger partial charge on any atom is 0.243 e. The van der Waals surface area contributed by atoms with E-state index in [0.29, 0.717) is 29.4 Å². The molecule has 2 N–H and O–H groups in total. The largest absolute Gasteiger partial charge is 0.397 e. The third-order valence-corrected chi connectivity index (χ3v) is 5.85. The lowest BCUT2D eigenvalue weighted by Crippen LogP contribution is -2.32. The van der Waals surface area contributed by atoms with E-state index >= 15 is 0 Å². The van der Waals surface area contributed by atoms with E-state index in [0.717, 1.165) is 25.7 Å². The highest BCUT2D eigenvalue weighted by Gasteiger charge is 2.27. The zero-order valence-electron chi connectivity index (χ0n) is 11.0. The molecule has 19 heavy (non-hydrogen) atoms. The van der Waals surface area contributed by atoms with Crippen molar-refractivity contribution in [2.24, 2.45) is 0 Å². The van der Waals surface area contributed by atoms with Crippen molar-refractivity contribution < 1.29 is 8.42 Å². The molecule has 4 nitrogen and oxygen atoms in total. The summed E-state index contributed by atoms with van der Waals surface area (Å²) in [5.74, 6) is 0. The van der Waals surface area contributed by atoms with E-state index in [9.17, 15) is 8.42 Å². The summed E-state index contributed by atoms with van der Waals surface area (Å²) in [7, 11) is -3.46. The van der Waals surface area contributed by atoms with E-state index in [1.165, 1.54) is 6.07 Å². The van der Waals surface area contributed by atoms with E-state index in [4.69, 9.17) is 17.3 Å². The fraction of sp³-hybridized carbons (Fsp3) is 0.538. The Bertz CT molecular complexity index is 564. The fourth-order valence-electron chi connectivity index (χ4n) is 2.37. The van der Waals surface area contributed by atoms with Gasteiger partial charge >= 0.3 is 0 Å². The molecule has 0 unspecified atom stereocenters. The molecule has 1 aliphatic heterocycles. The molecule has 1 heterocycles. The number of anilines is 1. The lowest BCUT2D eigenvalue weighted by atomic mass is 10.2. The Kier molecular flexibility index (Phi) is 4.38. The number of hydrogen-bond donors (Lipinski definition) is 1. The van der Waals surface area contributed by atoms with Crippen LogP contribution in [-0.2, 0) is 10.0 Å². The molecule has 1 aromatic rings. The quantitative estimate of drug-likeness (QED) is 0.854. The van der Waals surface area contributed by atoms with Crippen molar-refractivity contribution in [2.75, 3.05) is 18.8 Å². The van der Waals surface area contributed by atoms with Crippen LogP contribution in [0.3, 0.4) is 0 Å². The summed E-state index contributed by atoms with van der Waals surface area (Å²) >= 11 is 5.91. The third-order valence-electron chi connectivity index (χ3n) is 3.48. The van der Waals surface area contributed by atoms with Crippen molar-refractivity contribution >= 4 is 27.3 Å². The Hall–Kier alpha value is -0.780. The molecule has 0 atom stereocenters. The second-order valence-electron chi connectivity index (χ2n) is 4.96. The Labute approximate surface area is 119 Å². The van der Waals surface area contributed by atoms with Crippen molar-refractivity contribution in [3.63, 3.8) is 0 Å². The first-order valence-corrected chi connectivity index (χ1v) is 8.30. The molecule has 1 aromatic carbocycles. The number of aryl methyl sites for hydroxylation is 1. The van der Waals surface area contributed by atoms with Gasteiger partial charge in [-0.05, 0) is 37.5 Å². The number of halogens is 1. The van der Waals surface area contributed by atoms with Crippen molar-refractivity contribution in [1.82, 2.24) is 4.31 Å². The molecule has 106 valence electrons. The van der Waals surface area contributed by atoms with Crippen LogP contribution in [-0.4, -0.2) is 25.8 Å². The predicted octanol–water partition coefficient (Wildman–Crippen LogP) is 2.80. The van der Waals surface area contributed by atoms with Crippen molar-refractivity contribution in [2.45, 2.75) is 37.5 Å². The van der Waals surface area contributed by atoms with Crippen molar-refractivity contribution in [3.8, 4) is 0 Å². The van der Waals surface area contributed by atoms with Gasteiger partial charge in [0.15, 0.2) is 0 Å². The highest BCUT2D eigenvalue weighted by atomic mass is 35.5. The molecule has 0 aromatic heterocycles. The van der Waals surface area contributed by atoms with Gasteiger partial charge in [0.05, 0.1) is 15.6 Å². The summed E-state index contributed by atoms with van der Waals surface area (Å²) in [6.45, 7) is 2.92. The summed E-state index contributed by atoms with van der Waals surface area (Å²) in [5.41, 5.74) is 6.68. The minimum Gasteiger partial charge on any atom is -0.397 e. The zero-order valence-corrected chi connectivity index (χ0v) is 12.6. The van der Waals surface area contributed by atoms with E-state index in [1.807, 2.05) is 0 Å². The van der Waals surface area contributed by atoms with Gasteiger partial charge in [-0.3, -0.25) is 0 Å².